The zero-order valence-corrected chi connectivity index (χ0v) is 21.5. The molecule has 1 saturated carbocycles. The maximum Gasteiger partial charge on any atom is 0.277 e. The molecule has 5 rings (SSSR count). The topological polar surface area (TPSA) is 83.7 Å². The van der Waals surface area contributed by atoms with Crippen molar-refractivity contribution in [2.24, 2.45) is 0 Å². The molecule has 1 N–H and O–H groups in total. The number of carbonyl (C=O) groups excluding carboxylic acids is 1. The van der Waals surface area contributed by atoms with E-state index in [4.69, 9.17) is 9.15 Å². The fraction of sp³-hybridized carbons (Fsp3) is 0.444. The molecule has 0 radical (unpaired) electrons. The first-order valence-corrected chi connectivity index (χ1v) is 13.7. The van der Waals surface area contributed by atoms with Gasteiger partial charge in [0.15, 0.2) is 0 Å². The third kappa shape index (κ3) is 6.20. The Morgan fingerprint density at radius 3 is 2.58 bits per heavy atom. The van der Waals surface area contributed by atoms with Crippen LogP contribution in [0.3, 0.4) is 0 Å². The zero-order chi connectivity index (χ0) is 24.7. The molecule has 1 aliphatic carbocycles. The van der Waals surface area contributed by atoms with E-state index >= 15 is 0 Å². The Bertz CT molecular complexity index is 1140. The lowest BCUT2D eigenvalue weighted by atomic mass is 9.94. The normalized spacial score (nSPS) is 17.2. The summed E-state index contributed by atoms with van der Waals surface area (Å²) in [6, 6.07) is 16.3. The van der Waals surface area contributed by atoms with Gasteiger partial charge in [-0.25, -0.2) is 0 Å². The quantitative estimate of drug-likeness (QED) is 0.430. The van der Waals surface area contributed by atoms with Crippen LogP contribution in [0.25, 0.3) is 11.5 Å². The monoisotopic (exact) mass is 507 g/mol. The molecular weight excluding hydrogens is 474 g/mol. The average molecular weight is 508 g/mol. The average Bonchev–Trinajstić information content (AvgIpc) is 3.42. The lowest BCUT2D eigenvalue weighted by Gasteiger charge is -2.41. The molecule has 2 aliphatic rings. The Kier molecular flexibility index (Phi) is 8.08. The van der Waals surface area contributed by atoms with Crippen molar-refractivity contribution < 1.29 is 13.9 Å². The third-order valence-electron chi connectivity index (χ3n) is 6.97. The van der Waals surface area contributed by atoms with E-state index in [1.54, 1.807) is 7.11 Å². The summed E-state index contributed by atoms with van der Waals surface area (Å²) in [4.78, 5) is 17.6. The van der Waals surface area contributed by atoms with Crippen molar-refractivity contribution in [2.45, 2.75) is 43.4 Å². The molecule has 1 aliphatic heterocycles. The van der Waals surface area contributed by atoms with Crippen LogP contribution >= 0.6 is 11.8 Å². The van der Waals surface area contributed by atoms with Gasteiger partial charge in [0.25, 0.3) is 5.22 Å². The first-order chi connectivity index (χ1) is 17.7. The number of hydrogen-bond donors (Lipinski definition) is 1. The van der Waals surface area contributed by atoms with Crippen LogP contribution in [0.1, 0.15) is 32.1 Å². The van der Waals surface area contributed by atoms with Gasteiger partial charge in [0.1, 0.15) is 5.75 Å². The summed E-state index contributed by atoms with van der Waals surface area (Å²) in [5.74, 6) is 1.18. The standard InChI is InChI=1S/C27H33N5O3S/c1-34-24-9-5-6-20(18-24)26-29-30-27(35-26)36-19-25(33)28-21-10-12-23(13-11-21)32-16-14-31(15-17-32)22-7-3-2-4-8-22/h5-6,9-13,18,22H,2-4,7-8,14-17,19H2,1H3,(H,28,33). The van der Waals surface area contributed by atoms with Crippen LogP contribution in [0, 0.1) is 0 Å². The predicted molar refractivity (Wildman–Crippen MR) is 143 cm³/mol. The molecule has 2 fully saturated rings. The van der Waals surface area contributed by atoms with Gasteiger partial charge in [-0.1, -0.05) is 37.1 Å². The number of methoxy groups -OCH3 is 1. The molecule has 1 aromatic heterocycles. The maximum absolute atomic E-state index is 12.5. The summed E-state index contributed by atoms with van der Waals surface area (Å²) in [5, 5.41) is 11.4. The summed E-state index contributed by atoms with van der Waals surface area (Å²) in [6.45, 7) is 4.38. The number of rotatable bonds is 8. The fourth-order valence-electron chi connectivity index (χ4n) is 5.01. The van der Waals surface area contributed by atoms with E-state index in [-0.39, 0.29) is 11.7 Å². The molecule has 1 amide bonds. The van der Waals surface area contributed by atoms with Gasteiger partial charge < -0.3 is 19.4 Å². The number of carbonyl (C=O) groups is 1. The van der Waals surface area contributed by atoms with Gasteiger partial charge in [-0.05, 0) is 55.3 Å². The summed E-state index contributed by atoms with van der Waals surface area (Å²) in [6.07, 6.45) is 6.90. The van der Waals surface area contributed by atoms with E-state index in [9.17, 15) is 4.79 Å². The van der Waals surface area contributed by atoms with Crippen molar-refractivity contribution in [3.8, 4) is 17.2 Å². The van der Waals surface area contributed by atoms with Gasteiger partial charge in [0.05, 0.1) is 12.9 Å². The number of amides is 1. The highest BCUT2D eigenvalue weighted by molar-refractivity contribution is 7.99. The van der Waals surface area contributed by atoms with Gasteiger partial charge in [-0.15, -0.1) is 10.2 Å². The number of hydrogen-bond acceptors (Lipinski definition) is 8. The SMILES string of the molecule is COc1cccc(-c2nnc(SCC(=O)Nc3ccc(N4CCN(C5CCCCC5)CC4)cc3)o2)c1. The second-order valence-electron chi connectivity index (χ2n) is 9.30. The van der Waals surface area contributed by atoms with Crippen molar-refractivity contribution in [1.82, 2.24) is 15.1 Å². The largest absolute Gasteiger partial charge is 0.497 e. The highest BCUT2D eigenvalue weighted by atomic mass is 32.2. The summed E-state index contributed by atoms with van der Waals surface area (Å²) in [7, 11) is 1.61. The Morgan fingerprint density at radius 2 is 1.83 bits per heavy atom. The minimum Gasteiger partial charge on any atom is -0.497 e. The molecule has 8 nitrogen and oxygen atoms in total. The van der Waals surface area contributed by atoms with E-state index in [0.717, 1.165) is 43.5 Å². The molecule has 0 spiro atoms. The van der Waals surface area contributed by atoms with Gasteiger partial charge in [-0.3, -0.25) is 9.69 Å². The van der Waals surface area contributed by atoms with Crippen LogP contribution in [0.5, 0.6) is 5.75 Å². The molecule has 0 unspecified atom stereocenters. The number of nitrogens with zero attached hydrogens (tertiary/aromatic N) is 4. The van der Waals surface area contributed by atoms with Gasteiger partial charge >= 0.3 is 0 Å². The van der Waals surface area contributed by atoms with Crippen molar-refractivity contribution >= 4 is 29.0 Å². The van der Waals surface area contributed by atoms with Crippen LogP contribution in [0.15, 0.2) is 58.2 Å². The molecule has 190 valence electrons. The highest BCUT2D eigenvalue weighted by Gasteiger charge is 2.25. The van der Waals surface area contributed by atoms with Crippen molar-refractivity contribution in [3.63, 3.8) is 0 Å². The van der Waals surface area contributed by atoms with Gasteiger partial charge in [-0.2, -0.15) is 0 Å². The van der Waals surface area contributed by atoms with Crippen LogP contribution in [0.2, 0.25) is 0 Å². The molecule has 1 saturated heterocycles. The summed E-state index contributed by atoms with van der Waals surface area (Å²) >= 11 is 1.21. The molecule has 2 heterocycles. The summed E-state index contributed by atoms with van der Waals surface area (Å²) in [5.41, 5.74) is 2.77. The van der Waals surface area contributed by atoms with Crippen LogP contribution in [-0.2, 0) is 4.79 Å². The minimum absolute atomic E-state index is 0.116. The van der Waals surface area contributed by atoms with E-state index in [0.29, 0.717) is 16.9 Å². The highest BCUT2D eigenvalue weighted by Crippen LogP contribution is 2.27. The lowest BCUT2D eigenvalue weighted by molar-refractivity contribution is -0.113. The van der Waals surface area contributed by atoms with Gasteiger partial charge in [0.2, 0.25) is 11.8 Å². The predicted octanol–water partition coefficient (Wildman–Crippen LogP) is 4.93. The first-order valence-electron chi connectivity index (χ1n) is 12.7. The second-order valence-corrected chi connectivity index (χ2v) is 10.2. The lowest BCUT2D eigenvalue weighted by Crippen LogP contribution is -2.50. The number of aromatic nitrogens is 2. The molecule has 0 atom stereocenters. The van der Waals surface area contributed by atoms with Crippen molar-refractivity contribution in [3.05, 3.63) is 48.5 Å². The zero-order valence-electron chi connectivity index (χ0n) is 20.7. The fourth-order valence-corrected chi connectivity index (χ4v) is 5.58. The molecule has 3 aromatic rings. The molecule has 9 heteroatoms. The number of anilines is 2. The van der Waals surface area contributed by atoms with Crippen LogP contribution in [-0.4, -0.2) is 66.1 Å². The Balaban J connectivity index is 1.08. The Morgan fingerprint density at radius 1 is 1.06 bits per heavy atom. The van der Waals surface area contributed by atoms with E-state index in [1.807, 2.05) is 36.4 Å². The number of thioether (sulfide) groups is 1. The van der Waals surface area contributed by atoms with E-state index in [1.165, 1.54) is 49.6 Å². The van der Waals surface area contributed by atoms with Crippen molar-refractivity contribution in [1.29, 1.82) is 0 Å². The van der Waals surface area contributed by atoms with Crippen molar-refractivity contribution in [2.75, 3.05) is 49.3 Å². The van der Waals surface area contributed by atoms with Gasteiger partial charge in [0, 0.05) is 49.2 Å². The third-order valence-corrected chi connectivity index (χ3v) is 7.79. The van der Waals surface area contributed by atoms with Crippen LogP contribution in [0.4, 0.5) is 11.4 Å². The minimum atomic E-state index is -0.116. The first kappa shape index (κ1) is 24.6. The Hall–Kier alpha value is -3.04. The molecule has 36 heavy (non-hydrogen) atoms. The number of nitrogens with one attached hydrogen (secondary N) is 1. The van der Waals surface area contributed by atoms with E-state index in [2.05, 4.69) is 37.4 Å². The molecular formula is C27H33N5O3S. The smallest absolute Gasteiger partial charge is 0.277 e. The van der Waals surface area contributed by atoms with E-state index < -0.39 is 0 Å². The number of piperazine rings is 1. The number of benzene rings is 2. The molecule has 2 aromatic carbocycles. The molecule has 0 bridgehead atoms. The number of ether oxygens (including phenoxy) is 1. The Labute approximate surface area is 216 Å². The maximum atomic E-state index is 12.5. The summed E-state index contributed by atoms with van der Waals surface area (Å²) < 4.78 is 10.9. The second kappa shape index (κ2) is 11.8. The van der Waals surface area contributed by atoms with Crippen LogP contribution < -0.4 is 15.0 Å².